The molecule has 12 heavy (non-hydrogen) atoms. The molecule has 1 aromatic carbocycles. The van der Waals surface area contributed by atoms with Gasteiger partial charge in [-0.1, -0.05) is 28.6 Å². The van der Waals surface area contributed by atoms with Crippen LogP contribution in [0.3, 0.4) is 0 Å². The van der Waals surface area contributed by atoms with Crippen LogP contribution in [0.1, 0.15) is 5.56 Å². The Morgan fingerprint density at radius 2 is 1.83 bits per heavy atom. The summed E-state index contributed by atoms with van der Waals surface area (Å²) in [5.41, 5.74) is 0.0550. The maximum atomic E-state index is 12.9. The van der Waals surface area contributed by atoms with E-state index in [9.17, 15) is 8.78 Å². The minimum Gasteiger partial charge on any atom is -0.207 e. The second kappa shape index (κ2) is 3.81. The Morgan fingerprint density at radius 1 is 1.33 bits per heavy atom. The Kier molecular flexibility index (Phi) is 2.98. The number of allylic oxidation sites excluding steroid dienone is 1. The molecule has 0 nitrogen and oxygen atoms in total. The quantitative estimate of drug-likeness (QED) is 0.734. The average molecular weight is 233 g/mol. The molecule has 0 aliphatic heterocycles. The van der Waals surface area contributed by atoms with Crippen LogP contribution in [0.2, 0.25) is 0 Å². The van der Waals surface area contributed by atoms with Crippen molar-refractivity contribution in [1.82, 2.24) is 0 Å². The van der Waals surface area contributed by atoms with E-state index in [1.807, 2.05) is 0 Å². The number of hydrogen-bond donors (Lipinski definition) is 0. The average Bonchev–Trinajstić information content (AvgIpc) is 1.97. The van der Waals surface area contributed by atoms with E-state index in [1.165, 1.54) is 18.2 Å². The van der Waals surface area contributed by atoms with E-state index in [1.54, 1.807) is 0 Å². The van der Waals surface area contributed by atoms with Gasteiger partial charge in [0, 0.05) is 12.0 Å². The highest BCUT2D eigenvalue weighted by atomic mass is 79.9. The molecular weight excluding hydrogens is 226 g/mol. The summed E-state index contributed by atoms with van der Waals surface area (Å²) in [5.74, 6) is -1.06. The lowest BCUT2D eigenvalue weighted by Crippen LogP contribution is -1.94. The second-order valence-corrected chi connectivity index (χ2v) is 3.52. The van der Waals surface area contributed by atoms with E-state index < -0.39 is 11.6 Å². The van der Waals surface area contributed by atoms with Crippen molar-refractivity contribution in [3.63, 3.8) is 0 Å². The molecule has 0 unspecified atom stereocenters. The molecular formula is C9H7BrF2. The lowest BCUT2D eigenvalue weighted by molar-refractivity contribution is 0.562. The van der Waals surface area contributed by atoms with Gasteiger partial charge in [-0.25, -0.2) is 8.78 Å². The van der Waals surface area contributed by atoms with Crippen LogP contribution in [0.4, 0.5) is 8.78 Å². The minimum absolute atomic E-state index is 0.0550. The summed E-state index contributed by atoms with van der Waals surface area (Å²) in [6.45, 7) is 3.52. The number of halogens is 3. The van der Waals surface area contributed by atoms with Gasteiger partial charge in [0.25, 0.3) is 0 Å². The van der Waals surface area contributed by atoms with E-state index in [0.717, 1.165) is 0 Å². The highest BCUT2D eigenvalue weighted by Gasteiger charge is 2.07. The molecule has 0 spiro atoms. The Hall–Kier alpha value is -0.700. The Bertz CT molecular complexity index is 287. The molecule has 0 atom stereocenters. The molecule has 3 heteroatoms. The van der Waals surface area contributed by atoms with Crippen LogP contribution in [0.15, 0.2) is 29.3 Å². The Morgan fingerprint density at radius 3 is 2.25 bits per heavy atom. The molecule has 0 bridgehead atoms. The van der Waals surface area contributed by atoms with Gasteiger partial charge in [0.05, 0.1) is 0 Å². The maximum Gasteiger partial charge on any atom is 0.129 e. The van der Waals surface area contributed by atoms with Crippen molar-refractivity contribution in [3.8, 4) is 0 Å². The molecule has 0 aliphatic rings. The van der Waals surface area contributed by atoms with E-state index >= 15 is 0 Å². The zero-order valence-electron chi connectivity index (χ0n) is 6.28. The smallest absolute Gasteiger partial charge is 0.129 e. The normalized spacial score (nSPS) is 9.92. The van der Waals surface area contributed by atoms with E-state index in [-0.39, 0.29) is 12.0 Å². The lowest BCUT2D eigenvalue weighted by atomic mass is 10.1. The SMILES string of the molecule is C=C(Br)Cc1c(F)cccc1F. The van der Waals surface area contributed by atoms with Gasteiger partial charge in [-0.3, -0.25) is 0 Å². The van der Waals surface area contributed by atoms with Crippen molar-refractivity contribution < 1.29 is 8.78 Å². The summed E-state index contributed by atoms with van der Waals surface area (Å²) >= 11 is 3.05. The number of benzene rings is 1. The fraction of sp³-hybridized carbons (Fsp3) is 0.111. The van der Waals surface area contributed by atoms with Crippen molar-refractivity contribution in [2.75, 3.05) is 0 Å². The van der Waals surface area contributed by atoms with E-state index in [2.05, 4.69) is 22.5 Å². The summed E-state index contributed by atoms with van der Waals surface area (Å²) in [7, 11) is 0. The third-order valence-corrected chi connectivity index (χ3v) is 1.71. The van der Waals surface area contributed by atoms with Crippen LogP contribution in [-0.2, 0) is 6.42 Å². The van der Waals surface area contributed by atoms with E-state index in [0.29, 0.717) is 4.48 Å². The molecule has 0 amide bonds. The molecule has 1 aromatic rings. The van der Waals surface area contributed by atoms with Gasteiger partial charge in [0.15, 0.2) is 0 Å². The molecule has 0 saturated heterocycles. The first-order chi connectivity index (χ1) is 5.61. The Labute approximate surface area is 78.0 Å². The molecule has 0 aromatic heterocycles. The first-order valence-electron chi connectivity index (χ1n) is 3.37. The Balaban J connectivity index is 3.04. The molecule has 0 radical (unpaired) electrons. The van der Waals surface area contributed by atoms with Crippen LogP contribution in [0.5, 0.6) is 0 Å². The third kappa shape index (κ3) is 2.14. The molecule has 0 aliphatic carbocycles. The van der Waals surface area contributed by atoms with E-state index in [4.69, 9.17) is 0 Å². The highest BCUT2D eigenvalue weighted by molar-refractivity contribution is 9.11. The van der Waals surface area contributed by atoms with Crippen molar-refractivity contribution in [2.45, 2.75) is 6.42 Å². The standard InChI is InChI=1S/C9H7BrF2/c1-6(10)5-7-8(11)3-2-4-9(7)12/h2-4H,1,5H2. The molecule has 0 heterocycles. The summed E-state index contributed by atoms with van der Waals surface area (Å²) < 4.78 is 26.4. The molecule has 0 saturated carbocycles. The van der Waals surface area contributed by atoms with Crippen LogP contribution in [0, 0.1) is 11.6 Å². The summed E-state index contributed by atoms with van der Waals surface area (Å²) in [5, 5.41) is 0. The van der Waals surface area contributed by atoms with Gasteiger partial charge in [0.2, 0.25) is 0 Å². The largest absolute Gasteiger partial charge is 0.207 e. The van der Waals surface area contributed by atoms with Crippen molar-refractivity contribution in [1.29, 1.82) is 0 Å². The van der Waals surface area contributed by atoms with Crippen LogP contribution in [-0.4, -0.2) is 0 Å². The van der Waals surface area contributed by atoms with Crippen molar-refractivity contribution in [2.24, 2.45) is 0 Å². The number of rotatable bonds is 2. The van der Waals surface area contributed by atoms with Gasteiger partial charge in [-0.15, -0.1) is 0 Å². The van der Waals surface area contributed by atoms with Gasteiger partial charge < -0.3 is 0 Å². The highest BCUT2D eigenvalue weighted by Crippen LogP contribution is 2.17. The van der Waals surface area contributed by atoms with Crippen molar-refractivity contribution in [3.05, 3.63) is 46.5 Å². The van der Waals surface area contributed by atoms with Crippen LogP contribution >= 0.6 is 15.9 Å². The molecule has 64 valence electrons. The van der Waals surface area contributed by atoms with Gasteiger partial charge >= 0.3 is 0 Å². The van der Waals surface area contributed by atoms with Gasteiger partial charge in [-0.2, -0.15) is 0 Å². The van der Waals surface area contributed by atoms with Crippen LogP contribution in [0.25, 0.3) is 0 Å². The summed E-state index contributed by atoms with van der Waals surface area (Å²) in [6, 6.07) is 3.80. The zero-order chi connectivity index (χ0) is 9.14. The first-order valence-corrected chi connectivity index (χ1v) is 4.16. The van der Waals surface area contributed by atoms with Gasteiger partial charge in [-0.05, 0) is 16.6 Å². The fourth-order valence-electron chi connectivity index (χ4n) is 0.893. The maximum absolute atomic E-state index is 12.9. The summed E-state index contributed by atoms with van der Waals surface area (Å²) in [6.07, 6.45) is 0.179. The molecule has 0 N–H and O–H groups in total. The lowest BCUT2D eigenvalue weighted by Gasteiger charge is -2.02. The van der Waals surface area contributed by atoms with Crippen molar-refractivity contribution >= 4 is 15.9 Å². The summed E-state index contributed by atoms with van der Waals surface area (Å²) in [4.78, 5) is 0. The predicted octanol–water partition coefficient (Wildman–Crippen LogP) is 3.42. The zero-order valence-corrected chi connectivity index (χ0v) is 7.87. The topological polar surface area (TPSA) is 0 Å². The second-order valence-electron chi connectivity index (χ2n) is 2.39. The predicted molar refractivity (Wildman–Crippen MR) is 48.1 cm³/mol. The number of hydrogen-bond acceptors (Lipinski definition) is 0. The third-order valence-electron chi connectivity index (χ3n) is 1.43. The monoisotopic (exact) mass is 232 g/mol. The van der Waals surface area contributed by atoms with Crippen LogP contribution < -0.4 is 0 Å². The van der Waals surface area contributed by atoms with Gasteiger partial charge in [0.1, 0.15) is 11.6 Å². The molecule has 0 fully saturated rings. The minimum atomic E-state index is -0.532. The molecule has 1 rings (SSSR count). The fourth-order valence-corrected chi connectivity index (χ4v) is 1.17. The first kappa shape index (κ1) is 9.39.